The van der Waals surface area contributed by atoms with Crippen LogP contribution in [-0.2, 0) is 0 Å². The van der Waals surface area contributed by atoms with Crippen LogP contribution < -0.4 is 10.2 Å². The summed E-state index contributed by atoms with van der Waals surface area (Å²) < 4.78 is 7.56. The molecule has 1 saturated heterocycles. The van der Waals surface area contributed by atoms with Crippen molar-refractivity contribution in [3.63, 3.8) is 0 Å². The van der Waals surface area contributed by atoms with Gasteiger partial charge in [0.1, 0.15) is 0 Å². The van der Waals surface area contributed by atoms with Gasteiger partial charge in [0.25, 0.3) is 0 Å². The standard InChI is InChI=1S/C17H20N6O/c1-2-14(3-1)23-11-13-5-4-12(10-15(13)20-23)16-19-17(24-21-16)22-8-6-18-7-9-22/h4-5,10-11,14,18H,1-3,6-9H2. The number of rotatable bonds is 3. The van der Waals surface area contributed by atoms with Gasteiger partial charge in [-0.2, -0.15) is 10.1 Å². The molecule has 1 aliphatic heterocycles. The van der Waals surface area contributed by atoms with Crippen LogP contribution in [0.4, 0.5) is 6.01 Å². The van der Waals surface area contributed by atoms with Gasteiger partial charge in [-0.15, -0.1) is 0 Å². The zero-order valence-corrected chi connectivity index (χ0v) is 13.5. The van der Waals surface area contributed by atoms with Crippen molar-refractivity contribution in [2.75, 3.05) is 31.1 Å². The molecule has 5 rings (SSSR count). The molecular formula is C17H20N6O. The first-order valence-electron chi connectivity index (χ1n) is 8.65. The number of piperazine rings is 1. The van der Waals surface area contributed by atoms with Gasteiger partial charge in [-0.3, -0.25) is 4.68 Å². The number of anilines is 1. The minimum absolute atomic E-state index is 0.574. The molecular weight excluding hydrogens is 304 g/mol. The van der Waals surface area contributed by atoms with Crippen LogP contribution in [0.1, 0.15) is 25.3 Å². The molecule has 2 fully saturated rings. The minimum atomic E-state index is 0.574. The third-order valence-electron chi connectivity index (χ3n) is 5.03. The van der Waals surface area contributed by atoms with Crippen LogP contribution >= 0.6 is 0 Å². The maximum Gasteiger partial charge on any atom is 0.324 e. The van der Waals surface area contributed by atoms with Gasteiger partial charge in [-0.05, 0) is 25.3 Å². The lowest BCUT2D eigenvalue weighted by atomic mass is 9.93. The van der Waals surface area contributed by atoms with E-state index in [0.717, 1.165) is 42.6 Å². The molecule has 7 nitrogen and oxygen atoms in total. The molecule has 24 heavy (non-hydrogen) atoms. The highest BCUT2D eigenvalue weighted by Gasteiger charge is 2.21. The molecule has 2 aromatic heterocycles. The lowest BCUT2D eigenvalue weighted by Crippen LogP contribution is -2.43. The van der Waals surface area contributed by atoms with E-state index in [0.29, 0.717) is 17.9 Å². The first-order valence-corrected chi connectivity index (χ1v) is 8.65. The van der Waals surface area contributed by atoms with Crippen LogP contribution in [-0.4, -0.2) is 46.1 Å². The Kier molecular flexibility index (Phi) is 3.26. The number of benzene rings is 1. The third kappa shape index (κ3) is 2.36. The Morgan fingerprint density at radius 3 is 2.83 bits per heavy atom. The molecule has 1 aliphatic carbocycles. The molecule has 0 atom stereocenters. The predicted octanol–water partition coefficient (Wildman–Crippen LogP) is 2.22. The van der Waals surface area contributed by atoms with Crippen molar-refractivity contribution >= 4 is 16.9 Å². The fourth-order valence-corrected chi connectivity index (χ4v) is 3.33. The molecule has 0 radical (unpaired) electrons. The van der Waals surface area contributed by atoms with Gasteiger partial charge >= 0.3 is 6.01 Å². The maximum atomic E-state index is 5.45. The van der Waals surface area contributed by atoms with E-state index in [9.17, 15) is 0 Å². The Morgan fingerprint density at radius 1 is 1.17 bits per heavy atom. The van der Waals surface area contributed by atoms with Gasteiger partial charge in [0.15, 0.2) is 0 Å². The number of nitrogens with one attached hydrogen (secondary N) is 1. The van der Waals surface area contributed by atoms with Gasteiger partial charge in [-0.1, -0.05) is 17.3 Å². The molecule has 0 unspecified atom stereocenters. The zero-order chi connectivity index (χ0) is 15.9. The summed E-state index contributed by atoms with van der Waals surface area (Å²) in [6.07, 6.45) is 5.93. The normalized spacial score (nSPS) is 18.9. The third-order valence-corrected chi connectivity index (χ3v) is 5.03. The lowest BCUT2D eigenvalue weighted by Gasteiger charge is -2.25. The van der Waals surface area contributed by atoms with Crippen molar-refractivity contribution in [2.24, 2.45) is 0 Å². The molecule has 0 amide bonds. The molecule has 0 bridgehead atoms. The summed E-state index contributed by atoms with van der Waals surface area (Å²) in [5.41, 5.74) is 1.94. The molecule has 3 aromatic rings. The van der Waals surface area contributed by atoms with Crippen LogP contribution in [0, 0.1) is 0 Å². The fourth-order valence-electron chi connectivity index (χ4n) is 3.33. The van der Waals surface area contributed by atoms with Crippen molar-refractivity contribution in [3.05, 3.63) is 24.4 Å². The summed E-state index contributed by atoms with van der Waals surface area (Å²) in [5.74, 6) is 0.628. The Bertz CT molecular complexity index is 859. The van der Waals surface area contributed by atoms with Crippen LogP contribution in [0.3, 0.4) is 0 Å². The van der Waals surface area contributed by atoms with Crippen LogP contribution in [0.2, 0.25) is 0 Å². The number of hydrogen-bond acceptors (Lipinski definition) is 6. The van der Waals surface area contributed by atoms with Gasteiger partial charge < -0.3 is 14.7 Å². The van der Waals surface area contributed by atoms with E-state index in [2.05, 4.69) is 43.4 Å². The van der Waals surface area contributed by atoms with E-state index in [1.54, 1.807) is 0 Å². The van der Waals surface area contributed by atoms with Crippen molar-refractivity contribution in [1.82, 2.24) is 25.2 Å². The molecule has 124 valence electrons. The van der Waals surface area contributed by atoms with Gasteiger partial charge in [0.2, 0.25) is 5.82 Å². The second kappa shape index (κ2) is 5.59. The second-order valence-electron chi connectivity index (χ2n) is 6.61. The summed E-state index contributed by atoms with van der Waals surface area (Å²) in [4.78, 5) is 6.69. The molecule has 1 N–H and O–H groups in total. The number of nitrogens with zero attached hydrogens (tertiary/aromatic N) is 5. The van der Waals surface area contributed by atoms with E-state index in [4.69, 9.17) is 9.62 Å². The van der Waals surface area contributed by atoms with Crippen molar-refractivity contribution in [1.29, 1.82) is 0 Å². The van der Waals surface area contributed by atoms with E-state index < -0.39 is 0 Å². The Balaban J connectivity index is 1.44. The van der Waals surface area contributed by atoms with Crippen LogP contribution in [0.25, 0.3) is 22.3 Å². The van der Waals surface area contributed by atoms with E-state index >= 15 is 0 Å². The molecule has 3 heterocycles. The highest BCUT2D eigenvalue weighted by molar-refractivity contribution is 5.82. The number of fused-ring (bicyclic) bond motifs is 1. The van der Waals surface area contributed by atoms with E-state index in [1.807, 2.05) is 6.07 Å². The van der Waals surface area contributed by atoms with Crippen LogP contribution in [0.15, 0.2) is 28.9 Å². The van der Waals surface area contributed by atoms with Gasteiger partial charge in [0, 0.05) is 43.3 Å². The highest BCUT2D eigenvalue weighted by Crippen LogP contribution is 2.32. The number of hydrogen-bond donors (Lipinski definition) is 1. The summed E-state index contributed by atoms with van der Waals surface area (Å²) in [5, 5.41) is 13.4. The predicted molar refractivity (Wildman–Crippen MR) is 91.0 cm³/mol. The first kappa shape index (κ1) is 14.0. The van der Waals surface area contributed by atoms with Gasteiger partial charge in [0.05, 0.1) is 11.6 Å². The minimum Gasteiger partial charge on any atom is -0.322 e. The largest absolute Gasteiger partial charge is 0.324 e. The molecule has 7 heteroatoms. The van der Waals surface area contributed by atoms with Crippen LogP contribution in [0.5, 0.6) is 0 Å². The monoisotopic (exact) mass is 324 g/mol. The molecule has 1 aromatic carbocycles. The Morgan fingerprint density at radius 2 is 2.04 bits per heavy atom. The lowest BCUT2D eigenvalue weighted by molar-refractivity contribution is 0.291. The summed E-state index contributed by atoms with van der Waals surface area (Å²) in [6.45, 7) is 3.68. The van der Waals surface area contributed by atoms with Gasteiger partial charge in [-0.25, -0.2) is 0 Å². The quantitative estimate of drug-likeness (QED) is 0.796. The summed E-state index contributed by atoms with van der Waals surface area (Å²) in [6, 6.07) is 7.36. The second-order valence-corrected chi connectivity index (χ2v) is 6.61. The Hall–Kier alpha value is -2.41. The van der Waals surface area contributed by atoms with E-state index in [-0.39, 0.29) is 0 Å². The summed E-state index contributed by atoms with van der Waals surface area (Å²) in [7, 11) is 0. The molecule has 0 spiro atoms. The van der Waals surface area contributed by atoms with Crippen molar-refractivity contribution in [3.8, 4) is 11.4 Å². The van der Waals surface area contributed by atoms with Crippen molar-refractivity contribution < 1.29 is 4.52 Å². The highest BCUT2D eigenvalue weighted by atomic mass is 16.5. The maximum absolute atomic E-state index is 5.45. The fraction of sp³-hybridized carbons (Fsp3) is 0.471. The smallest absolute Gasteiger partial charge is 0.322 e. The average Bonchev–Trinajstić information content (AvgIpc) is 3.20. The molecule has 1 saturated carbocycles. The first-order chi connectivity index (χ1) is 11.9. The van der Waals surface area contributed by atoms with Crippen molar-refractivity contribution in [2.45, 2.75) is 25.3 Å². The van der Waals surface area contributed by atoms with E-state index in [1.165, 1.54) is 19.3 Å². The molecule has 2 aliphatic rings. The average molecular weight is 324 g/mol. The summed E-state index contributed by atoms with van der Waals surface area (Å²) >= 11 is 0. The topological polar surface area (TPSA) is 72.0 Å². The SMILES string of the molecule is c1cc2cn(C3CCC3)nc2cc1-c1noc(N2CCNCC2)n1. The zero-order valence-electron chi connectivity index (χ0n) is 13.5. The number of aromatic nitrogens is 4. The Labute approximate surface area is 139 Å².